The molecule has 1 aliphatic rings. The third-order valence-corrected chi connectivity index (χ3v) is 3.63. The van der Waals surface area contributed by atoms with Gasteiger partial charge in [0.05, 0.1) is 19.8 Å². The van der Waals surface area contributed by atoms with Gasteiger partial charge in [-0.3, -0.25) is 13.6 Å². The minimum absolute atomic E-state index is 0.217. The Labute approximate surface area is 94.5 Å². The molecular weight excluding hydrogens is 227 g/mol. The summed E-state index contributed by atoms with van der Waals surface area (Å²) in [6.45, 7) is 4.53. The van der Waals surface area contributed by atoms with E-state index in [-0.39, 0.29) is 6.61 Å². The second kappa shape index (κ2) is 4.93. The van der Waals surface area contributed by atoms with Gasteiger partial charge in [0, 0.05) is 0 Å². The molecule has 1 aromatic carbocycles. The second-order valence-corrected chi connectivity index (χ2v) is 5.00. The van der Waals surface area contributed by atoms with Crippen LogP contribution < -0.4 is 0 Å². The fraction of sp³-hybridized carbons (Fsp3) is 0.273. The molecule has 16 heavy (non-hydrogen) atoms. The van der Waals surface area contributed by atoms with Gasteiger partial charge in [0.25, 0.3) is 0 Å². The maximum atomic E-state index is 11.6. The summed E-state index contributed by atoms with van der Waals surface area (Å²) in [6.07, 6.45) is 1.76. The predicted octanol–water partition coefficient (Wildman–Crippen LogP) is 3.00. The summed E-state index contributed by atoms with van der Waals surface area (Å²) >= 11 is 0. The Kier molecular flexibility index (Phi) is 3.56. The van der Waals surface area contributed by atoms with Gasteiger partial charge in [-0.05, 0) is 11.1 Å². The van der Waals surface area contributed by atoms with Gasteiger partial charge in [0.1, 0.15) is 0 Å². The first-order valence-corrected chi connectivity index (χ1v) is 6.43. The first-order valence-electron chi connectivity index (χ1n) is 4.97. The minimum Gasteiger partial charge on any atom is -0.284 e. The van der Waals surface area contributed by atoms with Crippen molar-refractivity contribution in [1.29, 1.82) is 0 Å². The fourth-order valence-corrected chi connectivity index (χ4v) is 2.44. The number of benzene rings is 1. The van der Waals surface area contributed by atoms with Gasteiger partial charge in [-0.2, -0.15) is 0 Å². The zero-order valence-corrected chi connectivity index (χ0v) is 9.69. The van der Waals surface area contributed by atoms with E-state index in [4.69, 9.17) is 13.6 Å². The van der Waals surface area contributed by atoms with Gasteiger partial charge in [-0.1, -0.05) is 36.9 Å². The van der Waals surface area contributed by atoms with Crippen molar-refractivity contribution in [2.75, 3.05) is 13.2 Å². The summed E-state index contributed by atoms with van der Waals surface area (Å²) in [5.74, 6) is 0. The average molecular weight is 240 g/mol. The summed E-state index contributed by atoms with van der Waals surface area (Å²) in [5.41, 5.74) is 1.95. The topological polar surface area (TPSA) is 44.8 Å². The van der Waals surface area contributed by atoms with E-state index in [0.717, 1.165) is 11.1 Å². The van der Waals surface area contributed by atoms with Gasteiger partial charge >= 0.3 is 7.82 Å². The summed E-state index contributed by atoms with van der Waals surface area (Å²) in [5, 5.41) is 0. The van der Waals surface area contributed by atoms with E-state index in [0.29, 0.717) is 13.2 Å². The van der Waals surface area contributed by atoms with Gasteiger partial charge in [0.15, 0.2) is 0 Å². The molecule has 2 rings (SSSR count). The van der Waals surface area contributed by atoms with Crippen LogP contribution in [0.1, 0.15) is 11.1 Å². The molecule has 0 saturated carbocycles. The minimum atomic E-state index is -3.27. The van der Waals surface area contributed by atoms with Crippen molar-refractivity contribution < 1.29 is 18.1 Å². The highest BCUT2D eigenvalue weighted by atomic mass is 31.2. The molecule has 1 aromatic rings. The smallest absolute Gasteiger partial charge is 0.284 e. The number of phosphoric ester groups is 1. The quantitative estimate of drug-likeness (QED) is 0.759. The largest absolute Gasteiger partial charge is 0.475 e. The number of hydrogen-bond acceptors (Lipinski definition) is 4. The average Bonchev–Trinajstić information content (AvgIpc) is 2.75. The zero-order valence-electron chi connectivity index (χ0n) is 8.80. The van der Waals surface area contributed by atoms with Crippen LogP contribution in [0.5, 0.6) is 0 Å². The number of rotatable bonds is 4. The molecule has 1 saturated heterocycles. The Bertz CT molecular complexity index is 402. The lowest BCUT2D eigenvalue weighted by Gasteiger charge is -2.09. The monoisotopic (exact) mass is 240 g/mol. The standard InChI is InChI=1S/C11H13O4P/c1-2-10-3-5-11(6-4-10)9-15-16(12)13-7-8-14-16/h2-6H,1,7-9H2. The Morgan fingerprint density at radius 3 is 2.50 bits per heavy atom. The highest BCUT2D eigenvalue weighted by Gasteiger charge is 2.31. The molecular formula is C11H13O4P. The SMILES string of the molecule is C=Cc1ccc(COP2(=O)OCCO2)cc1. The number of hydrogen-bond donors (Lipinski definition) is 0. The van der Waals surface area contributed by atoms with Crippen molar-refractivity contribution in [3.63, 3.8) is 0 Å². The zero-order chi connectivity index (χ0) is 11.4. The van der Waals surface area contributed by atoms with Crippen molar-refractivity contribution in [1.82, 2.24) is 0 Å². The molecule has 0 N–H and O–H groups in total. The molecule has 0 unspecified atom stereocenters. The van der Waals surface area contributed by atoms with Crippen LogP contribution >= 0.6 is 7.82 Å². The van der Waals surface area contributed by atoms with E-state index in [9.17, 15) is 4.57 Å². The molecule has 0 atom stereocenters. The summed E-state index contributed by atoms with van der Waals surface area (Å²) in [6, 6.07) is 7.61. The van der Waals surface area contributed by atoms with Gasteiger partial charge in [-0.15, -0.1) is 0 Å². The predicted molar refractivity (Wildman–Crippen MR) is 60.8 cm³/mol. The molecule has 1 aliphatic heterocycles. The van der Waals surface area contributed by atoms with Crippen LogP contribution in [-0.2, 0) is 24.7 Å². The molecule has 0 spiro atoms. The Balaban J connectivity index is 1.94. The second-order valence-electron chi connectivity index (χ2n) is 3.33. The maximum Gasteiger partial charge on any atom is 0.475 e. The van der Waals surface area contributed by atoms with Crippen molar-refractivity contribution in [2.45, 2.75) is 6.61 Å². The highest BCUT2D eigenvalue weighted by Crippen LogP contribution is 2.53. The van der Waals surface area contributed by atoms with E-state index < -0.39 is 7.82 Å². The lowest BCUT2D eigenvalue weighted by molar-refractivity contribution is 0.183. The lowest BCUT2D eigenvalue weighted by atomic mass is 10.1. The van der Waals surface area contributed by atoms with Gasteiger partial charge in [-0.25, -0.2) is 4.57 Å². The van der Waals surface area contributed by atoms with Crippen molar-refractivity contribution in [3.8, 4) is 0 Å². The molecule has 0 aromatic heterocycles. The normalized spacial score (nSPS) is 18.5. The molecule has 86 valence electrons. The summed E-state index contributed by atoms with van der Waals surface area (Å²) in [4.78, 5) is 0. The molecule has 0 bridgehead atoms. The molecule has 1 heterocycles. The van der Waals surface area contributed by atoms with Crippen LogP contribution in [0.3, 0.4) is 0 Å². The molecule has 0 aliphatic carbocycles. The first kappa shape index (κ1) is 11.6. The molecule has 0 amide bonds. The van der Waals surface area contributed by atoms with Gasteiger partial charge < -0.3 is 0 Å². The first-order chi connectivity index (χ1) is 7.72. The lowest BCUT2D eigenvalue weighted by Crippen LogP contribution is -1.92. The van der Waals surface area contributed by atoms with E-state index >= 15 is 0 Å². The molecule has 4 nitrogen and oxygen atoms in total. The third-order valence-electron chi connectivity index (χ3n) is 2.19. The Morgan fingerprint density at radius 2 is 1.94 bits per heavy atom. The van der Waals surface area contributed by atoms with Crippen LogP contribution in [0.4, 0.5) is 0 Å². The van der Waals surface area contributed by atoms with Gasteiger partial charge in [0.2, 0.25) is 0 Å². The van der Waals surface area contributed by atoms with Crippen LogP contribution in [0.25, 0.3) is 6.08 Å². The Hall–Kier alpha value is -0.930. The Morgan fingerprint density at radius 1 is 1.31 bits per heavy atom. The van der Waals surface area contributed by atoms with E-state index in [1.165, 1.54) is 0 Å². The van der Waals surface area contributed by atoms with E-state index in [2.05, 4.69) is 6.58 Å². The fourth-order valence-electron chi connectivity index (χ4n) is 1.31. The number of phosphoric acid groups is 1. The highest BCUT2D eigenvalue weighted by molar-refractivity contribution is 7.48. The van der Waals surface area contributed by atoms with Crippen LogP contribution in [0.2, 0.25) is 0 Å². The van der Waals surface area contributed by atoms with E-state index in [1.807, 2.05) is 24.3 Å². The molecule has 5 heteroatoms. The van der Waals surface area contributed by atoms with Crippen LogP contribution in [0.15, 0.2) is 30.8 Å². The summed E-state index contributed by atoms with van der Waals surface area (Å²) < 4.78 is 26.6. The van der Waals surface area contributed by atoms with Crippen molar-refractivity contribution >= 4 is 13.9 Å². The van der Waals surface area contributed by atoms with E-state index in [1.54, 1.807) is 6.08 Å². The van der Waals surface area contributed by atoms with Crippen LogP contribution in [-0.4, -0.2) is 13.2 Å². The summed E-state index contributed by atoms with van der Waals surface area (Å²) in [7, 11) is -3.27. The maximum absolute atomic E-state index is 11.6. The third kappa shape index (κ3) is 2.80. The van der Waals surface area contributed by atoms with Crippen molar-refractivity contribution in [2.24, 2.45) is 0 Å². The van der Waals surface area contributed by atoms with Crippen LogP contribution in [0, 0.1) is 0 Å². The molecule has 0 radical (unpaired) electrons. The molecule has 1 fully saturated rings. The van der Waals surface area contributed by atoms with Crippen molar-refractivity contribution in [3.05, 3.63) is 42.0 Å².